The van der Waals surface area contributed by atoms with Gasteiger partial charge >= 0.3 is 0 Å². The van der Waals surface area contributed by atoms with Crippen LogP contribution in [-0.4, -0.2) is 18.4 Å². The standard InChI is InChI=1S/C52H30N2O4S/c55-59(56)47-29-37(36-22-25-45-42(27-36)39-13-7-8-14-44(39)57-45)19-23-40(47)41-24-20-38(30-48(41)59)52-53-49(34-17-15-33(16-18-34)31-9-3-1-4-10-31)51-50(54-52)43-28-35(21-26-46(43)58-51)32-11-5-2-6-12-32/h1-30H. The van der Waals surface area contributed by atoms with Gasteiger partial charge in [-0.25, -0.2) is 18.4 Å². The Bertz CT molecular complexity index is 3610. The Morgan fingerprint density at radius 2 is 0.864 bits per heavy atom. The van der Waals surface area contributed by atoms with Crippen LogP contribution in [0.5, 0.6) is 0 Å². The van der Waals surface area contributed by atoms with Gasteiger partial charge in [-0.2, -0.15) is 0 Å². The molecular formula is C52H30N2O4S. The van der Waals surface area contributed by atoms with Crippen LogP contribution in [0.3, 0.4) is 0 Å². The molecule has 7 heteroatoms. The molecule has 11 aromatic rings. The Kier molecular flexibility index (Phi) is 7.21. The van der Waals surface area contributed by atoms with E-state index in [0.717, 1.165) is 66.3 Å². The number of hydrogen-bond donors (Lipinski definition) is 0. The molecule has 1 aliphatic rings. The summed E-state index contributed by atoms with van der Waals surface area (Å²) in [4.78, 5) is 10.8. The Hall–Kier alpha value is -7.61. The van der Waals surface area contributed by atoms with Crippen molar-refractivity contribution in [2.24, 2.45) is 0 Å². The summed E-state index contributed by atoms with van der Waals surface area (Å²) in [6.07, 6.45) is 0. The molecular weight excluding hydrogens is 749 g/mol. The molecule has 0 saturated carbocycles. The van der Waals surface area contributed by atoms with Crippen molar-refractivity contribution in [3.63, 3.8) is 0 Å². The molecule has 278 valence electrons. The molecule has 3 aromatic heterocycles. The summed E-state index contributed by atoms with van der Waals surface area (Å²) >= 11 is 0. The molecule has 59 heavy (non-hydrogen) atoms. The molecule has 0 fully saturated rings. The molecule has 12 rings (SSSR count). The SMILES string of the molecule is O=S1(=O)c2cc(-c3ccc4oc5ccccc5c4c3)ccc2-c2ccc(-c3nc(-c4ccc(-c5ccccc5)cc4)c4oc5ccc(-c6ccccc6)cc5c4n3)cc21. The maximum absolute atomic E-state index is 14.5. The number of benzene rings is 8. The van der Waals surface area contributed by atoms with Crippen molar-refractivity contribution in [1.29, 1.82) is 0 Å². The second kappa shape index (κ2) is 12.7. The summed E-state index contributed by atoms with van der Waals surface area (Å²) in [5.74, 6) is 0.405. The van der Waals surface area contributed by atoms with Crippen molar-refractivity contribution >= 4 is 53.8 Å². The van der Waals surface area contributed by atoms with Gasteiger partial charge in [0.2, 0.25) is 9.84 Å². The van der Waals surface area contributed by atoms with Gasteiger partial charge in [-0.05, 0) is 75.8 Å². The van der Waals surface area contributed by atoms with Gasteiger partial charge in [0.15, 0.2) is 11.4 Å². The molecule has 0 radical (unpaired) electrons. The van der Waals surface area contributed by atoms with E-state index in [0.29, 0.717) is 44.9 Å². The number of sulfone groups is 1. The lowest BCUT2D eigenvalue weighted by Gasteiger charge is -2.09. The van der Waals surface area contributed by atoms with E-state index in [1.165, 1.54) is 0 Å². The van der Waals surface area contributed by atoms with Crippen molar-refractivity contribution in [3.05, 3.63) is 182 Å². The predicted molar refractivity (Wildman–Crippen MR) is 235 cm³/mol. The van der Waals surface area contributed by atoms with E-state index >= 15 is 0 Å². The third-order valence-electron chi connectivity index (χ3n) is 11.5. The van der Waals surface area contributed by atoms with Gasteiger partial charge in [-0.1, -0.05) is 140 Å². The second-order valence-electron chi connectivity index (χ2n) is 14.9. The number of para-hydroxylation sites is 1. The molecule has 0 bridgehead atoms. The topological polar surface area (TPSA) is 86.2 Å². The molecule has 0 atom stereocenters. The summed E-state index contributed by atoms with van der Waals surface area (Å²) in [7, 11) is -3.88. The zero-order chi connectivity index (χ0) is 39.2. The van der Waals surface area contributed by atoms with Crippen LogP contribution < -0.4 is 0 Å². The molecule has 6 nitrogen and oxygen atoms in total. The van der Waals surface area contributed by atoms with E-state index in [1.54, 1.807) is 12.1 Å². The van der Waals surface area contributed by atoms with Crippen LogP contribution in [0.4, 0.5) is 0 Å². The van der Waals surface area contributed by atoms with Crippen molar-refractivity contribution in [2.45, 2.75) is 9.79 Å². The lowest BCUT2D eigenvalue weighted by molar-refractivity contribution is 0.598. The second-order valence-corrected chi connectivity index (χ2v) is 16.8. The van der Waals surface area contributed by atoms with E-state index in [2.05, 4.69) is 54.6 Å². The van der Waals surface area contributed by atoms with E-state index in [-0.39, 0.29) is 9.79 Å². The summed E-state index contributed by atoms with van der Waals surface area (Å²) in [6, 6.07) is 59.9. The minimum Gasteiger partial charge on any atom is -0.456 e. The molecule has 0 aliphatic carbocycles. The fourth-order valence-corrected chi connectivity index (χ4v) is 10.2. The minimum absolute atomic E-state index is 0.235. The first-order valence-corrected chi connectivity index (χ1v) is 20.9. The Morgan fingerprint density at radius 3 is 1.59 bits per heavy atom. The van der Waals surface area contributed by atoms with Gasteiger partial charge in [0.1, 0.15) is 28.0 Å². The van der Waals surface area contributed by atoms with Crippen LogP contribution in [0.1, 0.15) is 0 Å². The summed E-state index contributed by atoms with van der Waals surface area (Å²) in [5.41, 5.74) is 13.0. The number of furan rings is 2. The molecule has 0 saturated heterocycles. The molecule has 0 N–H and O–H groups in total. The third-order valence-corrected chi connectivity index (χ3v) is 13.3. The number of fused-ring (bicyclic) bond motifs is 9. The maximum Gasteiger partial charge on any atom is 0.207 e. The first-order valence-electron chi connectivity index (χ1n) is 19.4. The van der Waals surface area contributed by atoms with Gasteiger partial charge in [-0.15, -0.1) is 0 Å². The third kappa shape index (κ3) is 5.29. The monoisotopic (exact) mass is 778 g/mol. The fraction of sp³-hybridized carbons (Fsp3) is 0. The van der Waals surface area contributed by atoms with E-state index in [1.807, 2.05) is 115 Å². The number of hydrogen-bond acceptors (Lipinski definition) is 6. The lowest BCUT2D eigenvalue weighted by atomic mass is 9.98. The van der Waals surface area contributed by atoms with Crippen LogP contribution in [0.25, 0.3) is 111 Å². The average molecular weight is 779 g/mol. The van der Waals surface area contributed by atoms with Crippen molar-refractivity contribution in [1.82, 2.24) is 9.97 Å². The highest BCUT2D eigenvalue weighted by Gasteiger charge is 2.34. The Balaban J connectivity index is 0.989. The van der Waals surface area contributed by atoms with Crippen LogP contribution in [0.15, 0.2) is 201 Å². The number of rotatable bonds is 5. The molecule has 0 unspecified atom stereocenters. The summed E-state index contributed by atoms with van der Waals surface area (Å²) in [5, 5.41) is 2.85. The van der Waals surface area contributed by atoms with Crippen LogP contribution in [0.2, 0.25) is 0 Å². The zero-order valence-electron chi connectivity index (χ0n) is 31.3. The zero-order valence-corrected chi connectivity index (χ0v) is 32.1. The Labute approximate surface area is 338 Å². The van der Waals surface area contributed by atoms with E-state index < -0.39 is 9.84 Å². The van der Waals surface area contributed by atoms with Gasteiger partial charge in [0, 0.05) is 38.4 Å². The highest BCUT2D eigenvalue weighted by molar-refractivity contribution is 7.92. The molecule has 8 aromatic carbocycles. The van der Waals surface area contributed by atoms with Crippen molar-refractivity contribution in [3.8, 4) is 67.2 Å². The minimum atomic E-state index is -3.88. The Morgan fingerprint density at radius 1 is 0.373 bits per heavy atom. The smallest absolute Gasteiger partial charge is 0.207 e. The van der Waals surface area contributed by atoms with E-state index in [9.17, 15) is 8.42 Å². The highest BCUT2D eigenvalue weighted by Crippen LogP contribution is 2.47. The van der Waals surface area contributed by atoms with Crippen LogP contribution in [0, 0.1) is 0 Å². The predicted octanol–water partition coefficient (Wildman–Crippen LogP) is 13.4. The molecule has 4 heterocycles. The first-order chi connectivity index (χ1) is 29.0. The van der Waals surface area contributed by atoms with Crippen molar-refractivity contribution in [2.75, 3.05) is 0 Å². The lowest BCUT2D eigenvalue weighted by Crippen LogP contribution is -1.99. The van der Waals surface area contributed by atoms with Gasteiger partial charge in [0.25, 0.3) is 0 Å². The van der Waals surface area contributed by atoms with Crippen LogP contribution in [-0.2, 0) is 9.84 Å². The largest absolute Gasteiger partial charge is 0.456 e. The van der Waals surface area contributed by atoms with Gasteiger partial charge in [-0.3, -0.25) is 0 Å². The summed E-state index contributed by atoms with van der Waals surface area (Å²) in [6.45, 7) is 0. The number of aromatic nitrogens is 2. The fourth-order valence-electron chi connectivity index (χ4n) is 8.51. The van der Waals surface area contributed by atoms with E-state index in [4.69, 9.17) is 18.8 Å². The normalized spacial score (nSPS) is 13.0. The summed E-state index contributed by atoms with van der Waals surface area (Å²) < 4.78 is 41.5. The quantitative estimate of drug-likeness (QED) is 0.173. The highest BCUT2D eigenvalue weighted by atomic mass is 32.2. The van der Waals surface area contributed by atoms with Gasteiger partial charge in [0.05, 0.1) is 9.79 Å². The molecule has 0 spiro atoms. The first kappa shape index (κ1) is 33.5. The number of nitrogens with zero attached hydrogens (tertiary/aromatic N) is 2. The van der Waals surface area contributed by atoms with Gasteiger partial charge < -0.3 is 8.83 Å². The molecule has 0 amide bonds. The van der Waals surface area contributed by atoms with Crippen molar-refractivity contribution < 1.29 is 17.3 Å². The average Bonchev–Trinajstić information content (AvgIpc) is 3.93. The molecule has 1 aliphatic heterocycles. The van der Waals surface area contributed by atoms with Crippen LogP contribution >= 0.6 is 0 Å². The maximum atomic E-state index is 14.5.